The zero-order valence-corrected chi connectivity index (χ0v) is 10.2. The highest BCUT2D eigenvalue weighted by Crippen LogP contribution is 2.36. The summed E-state index contributed by atoms with van der Waals surface area (Å²) in [7, 11) is 0. The Bertz CT molecular complexity index is 201. The van der Waals surface area contributed by atoms with E-state index >= 15 is 0 Å². The lowest BCUT2D eigenvalue weighted by Gasteiger charge is -2.45. The van der Waals surface area contributed by atoms with Crippen molar-refractivity contribution < 1.29 is 4.74 Å². The minimum atomic E-state index is 0.110. The Morgan fingerprint density at radius 3 is 2.67 bits per heavy atom. The van der Waals surface area contributed by atoms with E-state index in [2.05, 4.69) is 19.2 Å². The van der Waals surface area contributed by atoms with Gasteiger partial charge >= 0.3 is 0 Å². The highest BCUT2D eigenvalue weighted by Gasteiger charge is 2.39. The zero-order valence-electron chi connectivity index (χ0n) is 10.2. The third-order valence-corrected chi connectivity index (χ3v) is 4.21. The maximum absolute atomic E-state index is 6.30. The van der Waals surface area contributed by atoms with Crippen LogP contribution in [0.1, 0.15) is 52.4 Å². The van der Waals surface area contributed by atoms with Crippen molar-refractivity contribution in [3.05, 3.63) is 0 Å². The van der Waals surface area contributed by atoms with Crippen LogP contribution in [0.4, 0.5) is 0 Å². The van der Waals surface area contributed by atoms with Crippen LogP contribution in [0.3, 0.4) is 0 Å². The Morgan fingerprint density at radius 2 is 2.00 bits per heavy atom. The molecule has 2 atom stereocenters. The predicted octanol–water partition coefficient (Wildman–Crippen LogP) is 2.72. The van der Waals surface area contributed by atoms with Crippen molar-refractivity contribution in [1.29, 1.82) is 0 Å². The van der Waals surface area contributed by atoms with Gasteiger partial charge in [0.05, 0.1) is 11.7 Å². The molecule has 1 N–H and O–H groups in total. The third kappa shape index (κ3) is 2.54. The van der Waals surface area contributed by atoms with Gasteiger partial charge in [-0.25, -0.2) is 0 Å². The Morgan fingerprint density at radius 1 is 1.27 bits per heavy atom. The van der Waals surface area contributed by atoms with Crippen LogP contribution in [-0.2, 0) is 4.74 Å². The molecular formula is C13H25NO. The average molecular weight is 211 g/mol. The van der Waals surface area contributed by atoms with E-state index in [4.69, 9.17) is 4.74 Å². The summed E-state index contributed by atoms with van der Waals surface area (Å²) in [6.45, 7) is 6.63. The molecule has 0 aromatic rings. The van der Waals surface area contributed by atoms with Gasteiger partial charge in [-0.3, -0.25) is 0 Å². The second kappa shape index (κ2) is 4.84. The van der Waals surface area contributed by atoms with E-state index in [1.54, 1.807) is 0 Å². The van der Waals surface area contributed by atoms with E-state index in [1.807, 2.05) is 0 Å². The highest BCUT2D eigenvalue weighted by molar-refractivity contribution is 4.92. The first-order valence-corrected chi connectivity index (χ1v) is 6.63. The monoisotopic (exact) mass is 211 g/mol. The van der Waals surface area contributed by atoms with E-state index in [0.29, 0.717) is 6.10 Å². The molecule has 2 aliphatic rings. The van der Waals surface area contributed by atoms with Gasteiger partial charge in [0.1, 0.15) is 0 Å². The maximum atomic E-state index is 6.30. The summed E-state index contributed by atoms with van der Waals surface area (Å²) >= 11 is 0. The molecule has 2 heteroatoms. The molecule has 2 unspecified atom stereocenters. The van der Waals surface area contributed by atoms with Crippen molar-refractivity contribution in [2.24, 2.45) is 5.92 Å². The molecule has 0 spiro atoms. The van der Waals surface area contributed by atoms with Crippen LogP contribution in [0, 0.1) is 5.92 Å². The topological polar surface area (TPSA) is 21.3 Å². The average Bonchev–Trinajstić information content (AvgIpc) is 2.30. The van der Waals surface area contributed by atoms with Gasteiger partial charge in [-0.05, 0) is 32.1 Å². The van der Waals surface area contributed by atoms with Crippen molar-refractivity contribution in [2.75, 3.05) is 13.1 Å². The molecule has 2 fully saturated rings. The zero-order chi connectivity index (χ0) is 10.7. The minimum Gasteiger partial charge on any atom is -0.369 e. The van der Waals surface area contributed by atoms with Crippen molar-refractivity contribution >= 4 is 0 Å². The molecule has 0 aromatic heterocycles. The summed E-state index contributed by atoms with van der Waals surface area (Å²) in [4.78, 5) is 0. The lowest BCUT2D eigenvalue weighted by molar-refractivity contribution is -0.143. The van der Waals surface area contributed by atoms with Crippen LogP contribution in [0.15, 0.2) is 0 Å². The number of hydrogen-bond acceptors (Lipinski definition) is 2. The Hall–Kier alpha value is -0.0800. The second-order valence-corrected chi connectivity index (χ2v) is 5.43. The minimum absolute atomic E-state index is 0.110. The van der Waals surface area contributed by atoms with E-state index in [1.165, 1.54) is 32.1 Å². The summed E-state index contributed by atoms with van der Waals surface area (Å²) < 4.78 is 6.30. The standard InChI is InChI=1S/C13H25NO/c1-3-12-9-14-10-13(2,15-12)11-7-5-4-6-8-11/h11-12,14H,3-10H2,1-2H3. The smallest absolute Gasteiger partial charge is 0.0810 e. The Labute approximate surface area is 93.8 Å². The summed E-state index contributed by atoms with van der Waals surface area (Å²) in [6, 6.07) is 0. The fraction of sp³-hybridized carbons (Fsp3) is 1.00. The first-order chi connectivity index (χ1) is 7.24. The van der Waals surface area contributed by atoms with Crippen LogP contribution in [0.2, 0.25) is 0 Å². The first-order valence-electron chi connectivity index (χ1n) is 6.63. The lowest BCUT2D eigenvalue weighted by Crippen LogP contribution is -2.56. The number of rotatable bonds is 2. The van der Waals surface area contributed by atoms with Gasteiger partial charge in [0, 0.05) is 13.1 Å². The van der Waals surface area contributed by atoms with E-state index in [9.17, 15) is 0 Å². The van der Waals surface area contributed by atoms with Crippen LogP contribution in [0.5, 0.6) is 0 Å². The second-order valence-electron chi connectivity index (χ2n) is 5.43. The lowest BCUT2D eigenvalue weighted by atomic mass is 9.77. The summed E-state index contributed by atoms with van der Waals surface area (Å²) in [6.07, 6.45) is 8.54. The van der Waals surface area contributed by atoms with Gasteiger partial charge in [0.25, 0.3) is 0 Å². The number of ether oxygens (including phenoxy) is 1. The van der Waals surface area contributed by atoms with Crippen molar-refractivity contribution in [3.63, 3.8) is 0 Å². The van der Waals surface area contributed by atoms with E-state index in [-0.39, 0.29) is 5.60 Å². The van der Waals surface area contributed by atoms with Crippen LogP contribution in [0.25, 0.3) is 0 Å². The fourth-order valence-corrected chi connectivity index (χ4v) is 3.13. The third-order valence-electron chi connectivity index (χ3n) is 4.21. The molecule has 1 saturated carbocycles. The summed E-state index contributed by atoms with van der Waals surface area (Å²) in [5, 5.41) is 3.55. The van der Waals surface area contributed by atoms with Crippen molar-refractivity contribution in [2.45, 2.75) is 64.1 Å². The molecule has 0 amide bonds. The molecule has 15 heavy (non-hydrogen) atoms. The molecule has 2 nitrogen and oxygen atoms in total. The van der Waals surface area contributed by atoms with Gasteiger partial charge in [-0.15, -0.1) is 0 Å². The van der Waals surface area contributed by atoms with Gasteiger partial charge in [-0.2, -0.15) is 0 Å². The van der Waals surface area contributed by atoms with Crippen molar-refractivity contribution in [1.82, 2.24) is 5.32 Å². The number of morpholine rings is 1. The van der Waals surface area contributed by atoms with Gasteiger partial charge in [0.15, 0.2) is 0 Å². The molecule has 88 valence electrons. The Balaban J connectivity index is 1.97. The van der Waals surface area contributed by atoms with E-state index in [0.717, 1.165) is 25.4 Å². The van der Waals surface area contributed by atoms with Crippen LogP contribution in [-0.4, -0.2) is 24.8 Å². The SMILES string of the molecule is CCC1CNCC(C)(C2CCCCC2)O1. The molecule has 0 aromatic carbocycles. The van der Waals surface area contributed by atoms with Gasteiger partial charge in [0.2, 0.25) is 0 Å². The number of nitrogens with one attached hydrogen (secondary N) is 1. The van der Waals surface area contributed by atoms with Crippen LogP contribution < -0.4 is 5.32 Å². The van der Waals surface area contributed by atoms with E-state index < -0.39 is 0 Å². The largest absolute Gasteiger partial charge is 0.369 e. The molecule has 1 saturated heterocycles. The highest BCUT2D eigenvalue weighted by atomic mass is 16.5. The normalized spacial score (nSPS) is 39.2. The first kappa shape index (κ1) is 11.4. The predicted molar refractivity (Wildman–Crippen MR) is 63.0 cm³/mol. The van der Waals surface area contributed by atoms with Crippen molar-refractivity contribution in [3.8, 4) is 0 Å². The molecule has 1 aliphatic carbocycles. The molecule has 1 aliphatic heterocycles. The molecular weight excluding hydrogens is 186 g/mol. The molecule has 0 radical (unpaired) electrons. The molecule has 0 bridgehead atoms. The number of hydrogen-bond donors (Lipinski definition) is 1. The van der Waals surface area contributed by atoms with Gasteiger partial charge < -0.3 is 10.1 Å². The van der Waals surface area contributed by atoms with Gasteiger partial charge in [-0.1, -0.05) is 26.2 Å². The Kier molecular flexibility index (Phi) is 3.68. The molecule has 1 heterocycles. The maximum Gasteiger partial charge on any atom is 0.0810 e. The summed E-state index contributed by atoms with van der Waals surface area (Å²) in [5.41, 5.74) is 0.110. The fourth-order valence-electron chi connectivity index (χ4n) is 3.13. The van der Waals surface area contributed by atoms with Crippen LogP contribution >= 0.6 is 0 Å². The molecule has 2 rings (SSSR count). The summed E-state index contributed by atoms with van der Waals surface area (Å²) in [5.74, 6) is 0.785. The quantitative estimate of drug-likeness (QED) is 0.758.